The molecule has 13 aromatic rings. The standard InChI is InChI=1S/C75H53N3O/c1-74(2)60-32-17-16-30-58(60)70-62(74)43-44-65-73(70)75(3)61-33-18-15-29-56(61)57-31-19-35-64(72(57)75)78(65)66-46-59-69(47-67(66)77(53-25-9-5-10-26-53)54-27-11-6-12-28-54)79-68-36-20-34-63(71(59)68)76(52-23-7-4-8-24-52)55-41-39-49(40-42-55)51-38-37-48-21-13-14-22-50(48)45-51/h4-47H,1-3H3. The molecule has 16 rings (SSSR count). The number of hydrogen-bond acceptors (Lipinski definition) is 4. The number of furan rings is 1. The first-order valence-electron chi connectivity index (χ1n) is 27.5. The van der Waals surface area contributed by atoms with E-state index in [1.165, 1.54) is 83.3 Å². The lowest BCUT2D eigenvalue weighted by atomic mass is 9.67. The largest absolute Gasteiger partial charge is 0.456 e. The smallest absolute Gasteiger partial charge is 0.137 e. The molecule has 0 fully saturated rings. The fraction of sp³-hybridized carbons (Fsp3) is 0.0667. The number of rotatable bonds is 8. The first kappa shape index (κ1) is 45.3. The number of para-hydroxylation sites is 3. The van der Waals surface area contributed by atoms with Gasteiger partial charge in [0.25, 0.3) is 0 Å². The first-order chi connectivity index (χ1) is 38.8. The molecule has 2 heterocycles. The van der Waals surface area contributed by atoms with Crippen LogP contribution >= 0.6 is 0 Å². The van der Waals surface area contributed by atoms with E-state index in [1.54, 1.807) is 0 Å². The molecule has 0 saturated heterocycles. The zero-order chi connectivity index (χ0) is 52.6. The second-order valence-corrected chi connectivity index (χ2v) is 22.1. The monoisotopic (exact) mass is 1010 g/mol. The van der Waals surface area contributed by atoms with Crippen LogP contribution in [0, 0.1) is 0 Å². The van der Waals surface area contributed by atoms with Crippen LogP contribution < -0.4 is 14.7 Å². The molecular formula is C75H53N3O. The normalized spacial score (nSPS) is 15.2. The maximum atomic E-state index is 7.23. The van der Waals surface area contributed by atoms with E-state index in [0.717, 1.165) is 61.8 Å². The van der Waals surface area contributed by atoms with Crippen molar-refractivity contribution in [1.29, 1.82) is 0 Å². The maximum absolute atomic E-state index is 7.23. The molecule has 374 valence electrons. The van der Waals surface area contributed by atoms with Gasteiger partial charge in [0, 0.05) is 45.0 Å². The summed E-state index contributed by atoms with van der Waals surface area (Å²) in [4.78, 5) is 7.40. The molecule has 1 atom stereocenters. The van der Waals surface area contributed by atoms with Crippen LogP contribution in [0.2, 0.25) is 0 Å². The van der Waals surface area contributed by atoms with Gasteiger partial charge < -0.3 is 19.1 Å². The van der Waals surface area contributed by atoms with Gasteiger partial charge in [0.15, 0.2) is 0 Å². The van der Waals surface area contributed by atoms with Crippen molar-refractivity contribution in [3.8, 4) is 33.4 Å². The Labute approximate surface area is 460 Å². The van der Waals surface area contributed by atoms with Crippen molar-refractivity contribution in [1.82, 2.24) is 0 Å². The maximum Gasteiger partial charge on any atom is 0.137 e. The highest BCUT2D eigenvalue weighted by Crippen LogP contribution is 2.67. The highest BCUT2D eigenvalue weighted by Gasteiger charge is 2.52. The minimum absolute atomic E-state index is 0.199. The SMILES string of the molecule is CC1(C)c2ccccc2-c2c1ccc1c2C2(C)c3ccccc3-c3cccc(c32)N1c1cc2c(cc1N(c1ccccc1)c1ccccc1)oc1cccc(N(c3ccccc3)c3ccc(-c4ccc5ccccc5c4)cc3)c12. The Morgan fingerprint density at radius 1 is 0.354 bits per heavy atom. The summed E-state index contributed by atoms with van der Waals surface area (Å²) in [5.74, 6) is 0. The third-order valence-corrected chi connectivity index (χ3v) is 17.6. The molecule has 0 radical (unpaired) electrons. The summed E-state index contributed by atoms with van der Waals surface area (Å²) >= 11 is 0. The van der Waals surface area contributed by atoms with Gasteiger partial charge in [-0.05, 0) is 164 Å². The summed E-state index contributed by atoms with van der Waals surface area (Å²) in [5.41, 5.74) is 24.9. The fourth-order valence-electron chi connectivity index (χ4n) is 14.0. The Kier molecular flexibility index (Phi) is 9.78. The van der Waals surface area contributed by atoms with Gasteiger partial charge in [-0.3, -0.25) is 0 Å². The predicted molar refractivity (Wildman–Crippen MR) is 329 cm³/mol. The Morgan fingerprint density at radius 2 is 0.924 bits per heavy atom. The summed E-state index contributed by atoms with van der Waals surface area (Å²) in [5, 5.41) is 4.53. The van der Waals surface area contributed by atoms with Crippen molar-refractivity contribution in [2.45, 2.75) is 31.6 Å². The van der Waals surface area contributed by atoms with Crippen molar-refractivity contribution in [2.24, 2.45) is 0 Å². The molecule has 0 spiro atoms. The zero-order valence-electron chi connectivity index (χ0n) is 44.2. The quantitative estimate of drug-likeness (QED) is 0.151. The van der Waals surface area contributed by atoms with Crippen molar-refractivity contribution < 1.29 is 4.42 Å². The Hall–Kier alpha value is -9.90. The molecule has 79 heavy (non-hydrogen) atoms. The molecular weight excluding hydrogens is 959 g/mol. The Morgan fingerprint density at radius 3 is 1.65 bits per heavy atom. The van der Waals surface area contributed by atoms with Crippen LogP contribution in [-0.4, -0.2) is 0 Å². The molecule has 3 aliphatic rings. The van der Waals surface area contributed by atoms with Crippen LogP contribution in [0.15, 0.2) is 271 Å². The molecule has 0 amide bonds. The lowest BCUT2D eigenvalue weighted by molar-refractivity contribution is 0.655. The Balaban J connectivity index is 0.991. The van der Waals surface area contributed by atoms with Gasteiger partial charge in [0.1, 0.15) is 11.2 Å². The molecule has 0 N–H and O–H groups in total. The highest BCUT2D eigenvalue weighted by atomic mass is 16.3. The van der Waals surface area contributed by atoms with Gasteiger partial charge in [0.2, 0.25) is 0 Å². The van der Waals surface area contributed by atoms with Crippen LogP contribution in [0.4, 0.5) is 51.2 Å². The summed E-state index contributed by atoms with van der Waals surface area (Å²) in [6.07, 6.45) is 0. The number of fused-ring (bicyclic) bond motifs is 13. The number of benzene rings is 12. The topological polar surface area (TPSA) is 22.9 Å². The third-order valence-electron chi connectivity index (χ3n) is 17.6. The van der Waals surface area contributed by atoms with Gasteiger partial charge in [0.05, 0.1) is 33.8 Å². The van der Waals surface area contributed by atoms with Crippen molar-refractivity contribution in [3.05, 3.63) is 295 Å². The average molecular weight is 1010 g/mol. The first-order valence-corrected chi connectivity index (χ1v) is 27.5. The lowest BCUT2D eigenvalue weighted by Gasteiger charge is -2.45. The van der Waals surface area contributed by atoms with E-state index in [-0.39, 0.29) is 5.41 Å². The third kappa shape index (κ3) is 6.55. The van der Waals surface area contributed by atoms with Gasteiger partial charge >= 0.3 is 0 Å². The van der Waals surface area contributed by atoms with E-state index in [2.05, 4.69) is 302 Å². The van der Waals surface area contributed by atoms with E-state index >= 15 is 0 Å². The van der Waals surface area contributed by atoms with Gasteiger partial charge in [-0.15, -0.1) is 0 Å². The van der Waals surface area contributed by atoms with Gasteiger partial charge in [-0.25, -0.2) is 0 Å². The molecule has 1 aromatic heterocycles. The van der Waals surface area contributed by atoms with Crippen LogP contribution in [0.1, 0.15) is 48.6 Å². The van der Waals surface area contributed by atoms with E-state index in [4.69, 9.17) is 4.42 Å². The lowest BCUT2D eigenvalue weighted by Crippen LogP contribution is -2.33. The number of anilines is 9. The van der Waals surface area contributed by atoms with Crippen LogP contribution in [-0.2, 0) is 10.8 Å². The van der Waals surface area contributed by atoms with Crippen molar-refractivity contribution >= 4 is 83.9 Å². The minimum atomic E-state index is -0.467. The van der Waals surface area contributed by atoms with E-state index in [0.29, 0.717) is 0 Å². The summed E-state index contributed by atoms with van der Waals surface area (Å²) in [7, 11) is 0. The summed E-state index contributed by atoms with van der Waals surface area (Å²) < 4.78 is 7.23. The molecule has 1 unspecified atom stereocenters. The second kappa shape index (κ2) is 17.1. The van der Waals surface area contributed by atoms with E-state index < -0.39 is 5.41 Å². The molecule has 4 nitrogen and oxygen atoms in total. The van der Waals surface area contributed by atoms with Crippen LogP contribution in [0.25, 0.3) is 66.1 Å². The molecule has 0 bridgehead atoms. The van der Waals surface area contributed by atoms with Crippen LogP contribution in [0.3, 0.4) is 0 Å². The van der Waals surface area contributed by atoms with Gasteiger partial charge in [-0.1, -0.05) is 190 Å². The Bertz CT molecular complexity index is 4560. The van der Waals surface area contributed by atoms with E-state index in [9.17, 15) is 0 Å². The van der Waals surface area contributed by atoms with Crippen molar-refractivity contribution in [2.75, 3.05) is 14.7 Å². The molecule has 12 aromatic carbocycles. The number of hydrogen-bond donors (Lipinski definition) is 0. The molecule has 4 heteroatoms. The minimum Gasteiger partial charge on any atom is -0.456 e. The fourth-order valence-corrected chi connectivity index (χ4v) is 14.0. The number of nitrogens with zero attached hydrogens (tertiary/aromatic N) is 3. The van der Waals surface area contributed by atoms with Gasteiger partial charge in [-0.2, -0.15) is 0 Å². The summed E-state index contributed by atoms with van der Waals surface area (Å²) in [6.45, 7) is 7.30. The summed E-state index contributed by atoms with van der Waals surface area (Å²) in [6, 6.07) is 98.0. The molecule has 0 saturated carbocycles. The van der Waals surface area contributed by atoms with Crippen LogP contribution in [0.5, 0.6) is 0 Å². The zero-order valence-corrected chi connectivity index (χ0v) is 44.2. The van der Waals surface area contributed by atoms with E-state index in [1.807, 2.05) is 0 Å². The average Bonchev–Trinajstić information content (AvgIpc) is 2.79. The molecule has 2 aliphatic carbocycles. The molecule has 1 aliphatic heterocycles. The van der Waals surface area contributed by atoms with Crippen molar-refractivity contribution in [3.63, 3.8) is 0 Å². The highest BCUT2D eigenvalue weighted by molar-refractivity contribution is 6.17. The predicted octanol–water partition coefficient (Wildman–Crippen LogP) is 20.8. The second-order valence-electron chi connectivity index (χ2n) is 22.1.